The lowest BCUT2D eigenvalue weighted by molar-refractivity contribution is 0.495. The molecule has 6 nitrogen and oxygen atoms in total. The van der Waals surface area contributed by atoms with Crippen molar-refractivity contribution in [2.75, 3.05) is 11.4 Å². The van der Waals surface area contributed by atoms with Crippen molar-refractivity contribution in [3.8, 4) is 6.07 Å². The third-order valence-corrected chi connectivity index (χ3v) is 3.89. The molecule has 3 rings (SSSR count). The Morgan fingerprint density at radius 2 is 2.24 bits per heavy atom. The van der Waals surface area contributed by atoms with E-state index in [9.17, 15) is 0 Å². The molecule has 0 saturated carbocycles. The molecular weight excluding hydrogens is 264 g/mol. The molecule has 0 radical (unpaired) electrons. The smallest absolute Gasteiger partial charge is 0.147 e. The van der Waals surface area contributed by atoms with E-state index in [4.69, 9.17) is 5.26 Å². The highest BCUT2D eigenvalue weighted by atomic mass is 15.4. The molecule has 1 saturated heterocycles. The van der Waals surface area contributed by atoms with E-state index in [0.717, 1.165) is 43.4 Å². The van der Waals surface area contributed by atoms with E-state index < -0.39 is 0 Å². The number of rotatable bonds is 3. The Labute approximate surface area is 124 Å². The fourth-order valence-electron chi connectivity index (χ4n) is 2.88. The summed E-state index contributed by atoms with van der Waals surface area (Å²) in [5.74, 6) is 2.70. The van der Waals surface area contributed by atoms with Gasteiger partial charge in [-0.1, -0.05) is 0 Å². The number of aryl methyl sites for hydroxylation is 2. The molecule has 21 heavy (non-hydrogen) atoms. The van der Waals surface area contributed by atoms with Gasteiger partial charge in [0, 0.05) is 12.7 Å². The van der Waals surface area contributed by atoms with Gasteiger partial charge in [0.2, 0.25) is 0 Å². The van der Waals surface area contributed by atoms with Crippen molar-refractivity contribution in [3.05, 3.63) is 35.5 Å². The van der Waals surface area contributed by atoms with Crippen LogP contribution in [0.15, 0.2) is 18.3 Å². The molecule has 0 aromatic carbocycles. The summed E-state index contributed by atoms with van der Waals surface area (Å²) in [6.07, 6.45) is 3.91. The number of aromatic nitrogens is 4. The minimum Gasteiger partial charge on any atom is -0.352 e. The van der Waals surface area contributed by atoms with E-state index in [0.29, 0.717) is 11.6 Å². The molecule has 108 valence electrons. The van der Waals surface area contributed by atoms with Crippen LogP contribution in [0.3, 0.4) is 0 Å². The van der Waals surface area contributed by atoms with Gasteiger partial charge < -0.3 is 4.90 Å². The van der Waals surface area contributed by atoms with Gasteiger partial charge in [0.25, 0.3) is 0 Å². The van der Waals surface area contributed by atoms with E-state index in [-0.39, 0.29) is 0 Å². The van der Waals surface area contributed by atoms with Crippen molar-refractivity contribution in [1.82, 2.24) is 19.7 Å². The highest BCUT2D eigenvalue weighted by Gasteiger charge is 2.26. The minimum absolute atomic E-state index is 0.380. The van der Waals surface area contributed by atoms with E-state index in [1.807, 2.05) is 30.7 Å². The largest absolute Gasteiger partial charge is 0.352 e. The van der Waals surface area contributed by atoms with Gasteiger partial charge in [0.05, 0.1) is 18.2 Å². The van der Waals surface area contributed by atoms with Crippen LogP contribution in [0.25, 0.3) is 0 Å². The molecule has 1 atom stereocenters. The molecule has 0 bridgehead atoms. The van der Waals surface area contributed by atoms with E-state index in [2.05, 4.69) is 26.0 Å². The Hall–Kier alpha value is -2.42. The normalized spacial score (nSPS) is 18.0. The molecule has 2 aromatic heterocycles. The summed E-state index contributed by atoms with van der Waals surface area (Å²) < 4.78 is 1.97. The van der Waals surface area contributed by atoms with Crippen LogP contribution in [0.5, 0.6) is 0 Å². The van der Waals surface area contributed by atoms with Gasteiger partial charge >= 0.3 is 0 Å². The Morgan fingerprint density at radius 3 is 2.86 bits per heavy atom. The predicted octanol–water partition coefficient (Wildman–Crippen LogP) is 1.83. The Kier molecular flexibility index (Phi) is 3.57. The quantitative estimate of drug-likeness (QED) is 0.859. The Bertz CT molecular complexity index is 666. The molecule has 1 aliphatic heterocycles. The summed E-state index contributed by atoms with van der Waals surface area (Å²) in [6.45, 7) is 5.72. The van der Waals surface area contributed by atoms with Gasteiger partial charge in [-0.05, 0) is 38.8 Å². The van der Waals surface area contributed by atoms with Crippen LogP contribution < -0.4 is 4.90 Å². The summed E-state index contributed by atoms with van der Waals surface area (Å²) in [5.41, 5.74) is 0.595. The number of anilines is 1. The number of hydrogen-bond acceptors (Lipinski definition) is 5. The third-order valence-electron chi connectivity index (χ3n) is 3.89. The Morgan fingerprint density at radius 1 is 1.38 bits per heavy atom. The summed E-state index contributed by atoms with van der Waals surface area (Å²) in [5, 5.41) is 13.3. The zero-order valence-electron chi connectivity index (χ0n) is 12.3. The van der Waals surface area contributed by atoms with Crippen LogP contribution >= 0.6 is 0 Å². The highest BCUT2D eigenvalue weighted by molar-refractivity contribution is 5.43. The molecule has 6 heteroatoms. The topological polar surface area (TPSA) is 70.6 Å². The predicted molar refractivity (Wildman–Crippen MR) is 78.8 cm³/mol. The zero-order chi connectivity index (χ0) is 14.8. The SMILES string of the molecule is Cc1nc(C)n(C[C@H]2CCCN2c2ccc(C#N)cn2)n1. The molecule has 0 N–H and O–H groups in total. The molecule has 1 fully saturated rings. The first-order chi connectivity index (χ1) is 10.2. The van der Waals surface area contributed by atoms with E-state index >= 15 is 0 Å². The second-order valence-corrected chi connectivity index (χ2v) is 5.39. The summed E-state index contributed by atoms with van der Waals surface area (Å²) >= 11 is 0. The van der Waals surface area contributed by atoms with Crippen LogP contribution in [0.2, 0.25) is 0 Å². The monoisotopic (exact) mass is 282 g/mol. The molecule has 1 aliphatic rings. The number of pyridine rings is 1. The first-order valence-electron chi connectivity index (χ1n) is 7.18. The average Bonchev–Trinajstić information content (AvgIpc) is 3.06. The Balaban J connectivity index is 1.78. The first kappa shape index (κ1) is 13.6. The summed E-state index contributed by atoms with van der Waals surface area (Å²) in [6, 6.07) is 6.23. The lowest BCUT2D eigenvalue weighted by Crippen LogP contribution is -2.34. The second-order valence-electron chi connectivity index (χ2n) is 5.39. The third kappa shape index (κ3) is 2.72. The average molecular weight is 282 g/mol. The fourth-order valence-corrected chi connectivity index (χ4v) is 2.88. The molecule has 0 spiro atoms. The highest BCUT2D eigenvalue weighted by Crippen LogP contribution is 2.25. The summed E-state index contributed by atoms with van der Waals surface area (Å²) in [4.78, 5) is 11.1. The van der Waals surface area contributed by atoms with Crippen molar-refractivity contribution in [2.24, 2.45) is 0 Å². The second kappa shape index (κ2) is 5.52. The molecule has 0 unspecified atom stereocenters. The van der Waals surface area contributed by atoms with Crippen LogP contribution in [0.1, 0.15) is 30.1 Å². The van der Waals surface area contributed by atoms with Crippen molar-refractivity contribution in [2.45, 2.75) is 39.3 Å². The van der Waals surface area contributed by atoms with Crippen molar-refractivity contribution in [3.63, 3.8) is 0 Å². The minimum atomic E-state index is 0.380. The van der Waals surface area contributed by atoms with Crippen molar-refractivity contribution in [1.29, 1.82) is 5.26 Å². The zero-order valence-corrected chi connectivity index (χ0v) is 12.3. The lowest BCUT2D eigenvalue weighted by Gasteiger charge is -2.25. The van der Waals surface area contributed by atoms with Crippen molar-refractivity contribution >= 4 is 5.82 Å². The molecular formula is C15H18N6. The van der Waals surface area contributed by atoms with Gasteiger partial charge in [-0.2, -0.15) is 10.4 Å². The maximum Gasteiger partial charge on any atom is 0.147 e. The van der Waals surface area contributed by atoms with Gasteiger partial charge in [0.15, 0.2) is 0 Å². The number of nitriles is 1. The van der Waals surface area contributed by atoms with Gasteiger partial charge in [-0.25, -0.2) is 14.6 Å². The van der Waals surface area contributed by atoms with E-state index in [1.165, 1.54) is 0 Å². The van der Waals surface area contributed by atoms with E-state index in [1.54, 1.807) is 6.20 Å². The van der Waals surface area contributed by atoms with Crippen LogP contribution in [-0.4, -0.2) is 32.3 Å². The van der Waals surface area contributed by atoms with Crippen LogP contribution in [-0.2, 0) is 6.54 Å². The van der Waals surface area contributed by atoms with Crippen molar-refractivity contribution < 1.29 is 0 Å². The molecule has 0 amide bonds. The van der Waals surface area contributed by atoms with Gasteiger partial charge in [0.1, 0.15) is 23.5 Å². The number of hydrogen-bond donors (Lipinski definition) is 0. The van der Waals surface area contributed by atoms with Crippen LogP contribution in [0, 0.1) is 25.2 Å². The molecule has 2 aromatic rings. The standard InChI is InChI=1S/C15H18N6/c1-11-18-12(2)21(19-11)10-14-4-3-7-20(14)15-6-5-13(8-16)9-17-15/h5-6,9,14H,3-4,7,10H2,1-2H3/t14-/m1/s1. The summed E-state index contributed by atoms with van der Waals surface area (Å²) in [7, 11) is 0. The fraction of sp³-hybridized carbons (Fsp3) is 0.467. The van der Waals surface area contributed by atoms with Gasteiger partial charge in [-0.3, -0.25) is 0 Å². The molecule has 3 heterocycles. The maximum atomic E-state index is 8.85. The van der Waals surface area contributed by atoms with Crippen LogP contribution in [0.4, 0.5) is 5.82 Å². The van der Waals surface area contributed by atoms with Gasteiger partial charge in [-0.15, -0.1) is 0 Å². The molecule has 0 aliphatic carbocycles. The first-order valence-corrected chi connectivity index (χ1v) is 7.18. The number of nitrogens with zero attached hydrogens (tertiary/aromatic N) is 6. The maximum absolute atomic E-state index is 8.85. The lowest BCUT2D eigenvalue weighted by atomic mass is 10.2.